The highest BCUT2D eigenvalue weighted by Crippen LogP contribution is 2.19. The van der Waals surface area contributed by atoms with Gasteiger partial charge in [-0.25, -0.2) is 0 Å². The molecule has 0 bridgehead atoms. The van der Waals surface area contributed by atoms with Gasteiger partial charge in [0.05, 0.1) is 4.92 Å². The van der Waals surface area contributed by atoms with Crippen LogP contribution in [0.25, 0.3) is 0 Å². The molecule has 0 aliphatic rings. The van der Waals surface area contributed by atoms with E-state index in [9.17, 15) is 14.9 Å². The zero-order chi connectivity index (χ0) is 13.1. The van der Waals surface area contributed by atoms with Crippen LogP contribution in [-0.4, -0.2) is 10.7 Å². The third-order valence-electron chi connectivity index (χ3n) is 2.62. The van der Waals surface area contributed by atoms with E-state index in [-0.39, 0.29) is 16.9 Å². The van der Waals surface area contributed by atoms with Crippen LogP contribution in [0.4, 0.5) is 5.69 Å². The van der Waals surface area contributed by atoms with Crippen molar-refractivity contribution in [2.24, 2.45) is 5.41 Å². The number of rotatable bonds is 4. The lowest BCUT2D eigenvalue weighted by Crippen LogP contribution is -2.20. The number of carbonyl (C=O) groups excluding carboxylic acids is 1. The monoisotopic (exact) mass is 235 g/mol. The summed E-state index contributed by atoms with van der Waals surface area (Å²) in [6, 6.07) is 6.34. The van der Waals surface area contributed by atoms with E-state index < -0.39 is 4.92 Å². The fourth-order valence-corrected chi connectivity index (χ4v) is 1.42. The van der Waals surface area contributed by atoms with Gasteiger partial charge in [0, 0.05) is 24.0 Å². The van der Waals surface area contributed by atoms with E-state index in [1.54, 1.807) is 12.1 Å². The number of nitrogens with zero attached hydrogens (tertiary/aromatic N) is 1. The number of benzene rings is 1. The minimum absolute atomic E-state index is 0.0795. The Balaban J connectivity index is 2.59. The number of nitro groups is 1. The molecule has 92 valence electrons. The Bertz CT molecular complexity index is 415. The largest absolute Gasteiger partial charge is 0.299 e. The van der Waals surface area contributed by atoms with Gasteiger partial charge in [-0.2, -0.15) is 0 Å². The van der Waals surface area contributed by atoms with E-state index >= 15 is 0 Å². The molecular formula is C13H17NO3. The van der Waals surface area contributed by atoms with E-state index in [4.69, 9.17) is 0 Å². The normalized spacial score (nSPS) is 11.2. The molecule has 1 rings (SSSR count). The summed E-state index contributed by atoms with van der Waals surface area (Å²) in [6.45, 7) is 5.68. The van der Waals surface area contributed by atoms with Crippen molar-refractivity contribution < 1.29 is 9.72 Å². The van der Waals surface area contributed by atoms with Crippen molar-refractivity contribution >= 4 is 11.5 Å². The zero-order valence-electron chi connectivity index (χ0n) is 10.4. The Morgan fingerprint density at radius 2 is 1.76 bits per heavy atom. The van der Waals surface area contributed by atoms with Crippen molar-refractivity contribution in [3.63, 3.8) is 0 Å². The minimum atomic E-state index is -0.427. The average molecular weight is 235 g/mol. The predicted molar refractivity (Wildman–Crippen MR) is 65.9 cm³/mol. The van der Waals surface area contributed by atoms with E-state index in [1.807, 2.05) is 20.8 Å². The number of aryl methyl sites for hydroxylation is 1. The summed E-state index contributed by atoms with van der Waals surface area (Å²) >= 11 is 0. The van der Waals surface area contributed by atoms with Crippen LogP contribution in [0.15, 0.2) is 24.3 Å². The van der Waals surface area contributed by atoms with Gasteiger partial charge in [0.2, 0.25) is 0 Å². The van der Waals surface area contributed by atoms with Crippen molar-refractivity contribution in [2.45, 2.75) is 33.6 Å². The number of carbonyl (C=O) groups is 1. The molecule has 0 heterocycles. The zero-order valence-corrected chi connectivity index (χ0v) is 10.4. The third-order valence-corrected chi connectivity index (χ3v) is 2.62. The van der Waals surface area contributed by atoms with Gasteiger partial charge in [-0.05, 0) is 12.0 Å². The van der Waals surface area contributed by atoms with Crippen LogP contribution in [0.1, 0.15) is 32.8 Å². The van der Waals surface area contributed by atoms with Crippen molar-refractivity contribution in [2.75, 3.05) is 0 Å². The number of ketones is 1. The standard InChI is InChI=1S/C13H17NO3/c1-13(2,3)12(15)9-6-10-4-7-11(8-5-10)14(16)17/h4-5,7-8H,6,9H2,1-3H3. The lowest BCUT2D eigenvalue weighted by molar-refractivity contribution is -0.384. The average Bonchev–Trinajstić information content (AvgIpc) is 2.25. The van der Waals surface area contributed by atoms with E-state index in [0.29, 0.717) is 12.8 Å². The molecule has 1 aromatic carbocycles. The second-order valence-corrected chi connectivity index (χ2v) is 5.10. The first-order chi connectivity index (χ1) is 7.80. The maximum absolute atomic E-state index is 11.7. The molecule has 0 saturated carbocycles. The Morgan fingerprint density at radius 3 is 2.18 bits per heavy atom. The molecule has 0 amide bonds. The summed E-state index contributed by atoms with van der Waals surface area (Å²) in [6.07, 6.45) is 1.11. The highest BCUT2D eigenvalue weighted by atomic mass is 16.6. The quantitative estimate of drug-likeness (QED) is 0.595. The van der Waals surface area contributed by atoms with Gasteiger partial charge in [0.1, 0.15) is 5.78 Å². The second-order valence-electron chi connectivity index (χ2n) is 5.10. The van der Waals surface area contributed by atoms with Crippen LogP contribution in [0.2, 0.25) is 0 Å². The van der Waals surface area contributed by atoms with Crippen LogP contribution >= 0.6 is 0 Å². The number of non-ortho nitro benzene ring substituents is 1. The molecule has 0 aromatic heterocycles. The molecule has 1 aromatic rings. The molecule has 0 radical (unpaired) electrons. The van der Waals surface area contributed by atoms with Gasteiger partial charge in [0.25, 0.3) is 5.69 Å². The van der Waals surface area contributed by atoms with Crippen LogP contribution in [0, 0.1) is 15.5 Å². The summed E-state index contributed by atoms with van der Waals surface area (Å²) in [5.74, 6) is 0.204. The van der Waals surface area contributed by atoms with Crippen molar-refractivity contribution in [3.05, 3.63) is 39.9 Å². The molecule has 4 heteroatoms. The molecule has 0 spiro atoms. The minimum Gasteiger partial charge on any atom is -0.299 e. The molecule has 0 aliphatic carbocycles. The maximum Gasteiger partial charge on any atom is 0.269 e. The lowest BCUT2D eigenvalue weighted by atomic mass is 9.87. The van der Waals surface area contributed by atoms with E-state index in [0.717, 1.165) is 5.56 Å². The fraction of sp³-hybridized carbons (Fsp3) is 0.462. The molecule has 0 aliphatic heterocycles. The molecular weight excluding hydrogens is 218 g/mol. The first-order valence-corrected chi connectivity index (χ1v) is 5.57. The molecule has 17 heavy (non-hydrogen) atoms. The van der Waals surface area contributed by atoms with Crippen LogP contribution in [0.3, 0.4) is 0 Å². The van der Waals surface area contributed by atoms with Gasteiger partial charge >= 0.3 is 0 Å². The van der Waals surface area contributed by atoms with Crippen LogP contribution < -0.4 is 0 Å². The molecule has 0 fully saturated rings. The SMILES string of the molecule is CC(C)(C)C(=O)CCc1ccc([N+](=O)[O-])cc1. The van der Waals surface area contributed by atoms with Gasteiger partial charge in [-0.15, -0.1) is 0 Å². The van der Waals surface area contributed by atoms with Crippen molar-refractivity contribution in [1.29, 1.82) is 0 Å². The Hall–Kier alpha value is -1.71. The summed E-state index contributed by atoms with van der Waals surface area (Å²) in [5, 5.41) is 10.5. The van der Waals surface area contributed by atoms with Crippen molar-refractivity contribution in [1.82, 2.24) is 0 Å². The summed E-state index contributed by atoms with van der Waals surface area (Å²) < 4.78 is 0. The Kier molecular flexibility index (Phi) is 3.99. The second kappa shape index (κ2) is 5.08. The summed E-state index contributed by atoms with van der Waals surface area (Å²) in [5.41, 5.74) is 0.713. The molecule has 0 N–H and O–H groups in total. The van der Waals surface area contributed by atoms with E-state index in [2.05, 4.69) is 0 Å². The van der Waals surface area contributed by atoms with Gasteiger partial charge in [-0.1, -0.05) is 32.9 Å². The molecule has 4 nitrogen and oxygen atoms in total. The van der Waals surface area contributed by atoms with Crippen LogP contribution in [0.5, 0.6) is 0 Å². The summed E-state index contributed by atoms with van der Waals surface area (Å²) in [7, 11) is 0. The third kappa shape index (κ3) is 3.98. The van der Waals surface area contributed by atoms with E-state index in [1.165, 1.54) is 12.1 Å². The number of hydrogen-bond acceptors (Lipinski definition) is 3. The number of nitro benzene ring substituents is 1. The van der Waals surface area contributed by atoms with Crippen molar-refractivity contribution in [3.8, 4) is 0 Å². The predicted octanol–water partition coefficient (Wildman–Crippen LogP) is 3.14. The van der Waals surface area contributed by atoms with Crippen LogP contribution in [-0.2, 0) is 11.2 Å². The molecule has 0 unspecified atom stereocenters. The molecule has 0 saturated heterocycles. The number of hydrogen-bond donors (Lipinski definition) is 0. The first-order valence-electron chi connectivity index (χ1n) is 5.57. The van der Waals surface area contributed by atoms with Gasteiger partial charge in [0.15, 0.2) is 0 Å². The maximum atomic E-state index is 11.7. The highest BCUT2D eigenvalue weighted by Gasteiger charge is 2.20. The van der Waals surface area contributed by atoms with Gasteiger partial charge in [-0.3, -0.25) is 14.9 Å². The topological polar surface area (TPSA) is 60.2 Å². The lowest BCUT2D eigenvalue weighted by Gasteiger charge is -2.16. The fourth-order valence-electron chi connectivity index (χ4n) is 1.42. The molecule has 0 atom stereocenters. The highest BCUT2D eigenvalue weighted by molar-refractivity contribution is 5.83. The number of Topliss-reactive ketones (excluding diaryl/α,β-unsaturated/α-hetero) is 1. The summed E-state index contributed by atoms with van der Waals surface area (Å²) in [4.78, 5) is 21.7. The van der Waals surface area contributed by atoms with Gasteiger partial charge < -0.3 is 0 Å². The first kappa shape index (κ1) is 13.4. The smallest absolute Gasteiger partial charge is 0.269 e. The Morgan fingerprint density at radius 1 is 1.24 bits per heavy atom. The Labute approximate surface area is 101 Å².